The van der Waals surface area contributed by atoms with Gasteiger partial charge in [-0.05, 0) is 38.5 Å². The standard InChI is InChI=1S/C14H15NO3/c1-9-7-8-15-12-10(9)5-4-6-11(12)18-14(2,3)13(16)17/h4-8H,1-3H3,(H,16,17). The smallest absolute Gasteiger partial charge is 0.347 e. The zero-order chi connectivity index (χ0) is 13.3. The molecule has 0 unspecified atom stereocenters. The van der Waals surface area contributed by atoms with Crippen molar-refractivity contribution in [3.63, 3.8) is 0 Å². The Hall–Kier alpha value is -2.10. The van der Waals surface area contributed by atoms with Crippen molar-refractivity contribution >= 4 is 16.9 Å². The van der Waals surface area contributed by atoms with Crippen molar-refractivity contribution in [2.75, 3.05) is 0 Å². The fourth-order valence-electron chi connectivity index (χ4n) is 1.69. The summed E-state index contributed by atoms with van der Waals surface area (Å²) >= 11 is 0. The maximum Gasteiger partial charge on any atom is 0.347 e. The highest BCUT2D eigenvalue weighted by Gasteiger charge is 2.30. The van der Waals surface area contributed by atoms with Crippen LogP contribution in [-0.4, -0.2) is 21.7 Å². The zero-order valence-electron chi connectivity index (χ0n) is 10.6. The second kappa shape index (κ2) is 4.29. The van der Waals surface area contributed by atoms with Gasteiger partial charge in [0.15, 0.2) is 5.60 Å². The number of carboxylic acids is 1. The van der Waals surface area contributed by atoms with Crippen molar-refractivity contribution in [1.82, 2.24) is 4.98 Å². The third kappa shape index (κ3) is 2.14. The molecule has 18 heavy (non-hydrogen) atoms. The van der Waals surface area contributed by atoms with Gasteiger partial charge in [0.05, 0.1) is 0 Å². The van der Waals surface area contributed by atoms with Gasteiger partial charge in [0, 0.05) is 11.6 Å². The van der Waals surface area contributed by atoms with E-state index >= 15 is 0 Å². The summed E-state index contributed by atoms with van der Waals surface area (Å²) in [6, 6.07) is 7.43. The van der Waals surface area contributed by atoms with Crippen LogP contribution in [0.15, 0.2) is 30.5 Å². The molecule has 2 rings (SSSR count). The molecule has 2 aromatic rings. The summed E-state index contributed by atoms with van der Waals surface area (Å²) in [5.41, 5.74) is 0.491. The fourth-order valence-corrected chi connectivity index (χ4v) is 1.69. The van der Waals surface area contributed by atoms with Crippen LogP contribution in [-0.2, 0) is 4.79 Å². The van der Waals surface area contributed by atoms with Crippen molar-refractivity contribution in [1.29, 1.82) is 0 Å². The summed E-state index contributed by atoms with van der Waals surface area (Å²) in [5, 5.41) is 10.1. The van der Waals surface area contributed by atoms with Crippen LogP contribution in [0.4, 0.5) is 0 Å². The molecule has 4 heteroatoms. The maximum absolute atomic E-state index is 11.1. The molecule has 0 aliphatic rings. The van der Waals surface area contributed by atoms with E-state index in [1.807, 2.05) is 25.1 Å². The lowest BCUT2D eigenvalue weighted by Crippen LogP contribution is -2.37. The molecule has 0 saturated heterocycles. The van der Waals surface area contributed by atoms with Crippen LogP contribution in [0.2, 0.25) is 0 Å². The van der Waals surface area contributed by atoms with E-state index < -0.39 is 11.6 Å². The van der Waals surface area contributed by atoms with Crippen LogP contribution in [0.25, 0.3) is 10.9 Å². The summed E-state index contributed by atoms with van der Waals surface area (Å²) in [4.78, 5) is 15.4. The first-order valence-corrected chi connectivity index (χ1v) is 5.68. The van der Waals surface area contributed by atoms with E-state index in [1.54, 1.807) is 12.3 Å². The number of carbonyl (C=O) groups is 1. The number of benzene rings is 1. The van der Waals surface area contributed by atoms with Gasteiger partial charge in [0.25, 0.3) is 0 Å². The topological polar surface area (TPSA) is 59.4 Å². The van der Waals surface area contributed by atoms with Crippen molar-refractivity contribution in [2.24, 2.45) is 0 Å². The summed E-state index contributed by atoms with van der Waals surface area (Å²) in [6.45, 7) is 5.02. The number of aliphatic carboxylic acids is 1. The molecule has 1 N–H and O–H groups in total. The predicted molar refractivity (Wildman–Crippen MR) is 68.8 cm³/mol. The number of hydrogen-bond acceptors (Lipinski definition) is 3. The Morgan fingerprint density at radius 2 is 2.06 bits per heavy atom. The molecule has 0 aliphatic carbocycles. The molecule has 4 nitrogen and oxygen atoms in total. The van der Waals surface area contributed by atoms with Gasteiger partial charge in [-0.2, -0.15) is 0 Å². The Balaban J connectivity index is 2.53. The molecule has 1 aromatic heterocycles. The van der Waals surface area contributed by atoms with Crippen LogP contribution >= 0.6 is 0 Å². The van der Waals surface area contributed by atoms with Gasteiger partial charge in [0.1, 0.15) is 11.3 Å². The molecule has 0 radical (unpaired) electrons. The monoisotopic (exact) mass is 245 g/mol. The number of ether oxygens (including phenoxy) is 1. The third-order valence-corrected chi connectivity index (χ3v) is 2.83. The number of aromatic nitrogens is 1. The van der Waals surface area contributed by atoms with E-state index in [9.17, 15) is 4.79 Å². The van der Waals surface area contributed by atoms with E-state index in [-0.39, 0.29) is 0 Å². The quantitative estimate of drug-likeness (QED) is 0.903. The van der Waals surface area contributed by atoms with Gasteiger partial charge >= 0.3 is 5.97 Å². The molecule has 94 valence electrons. The summed E-state index contributed by atoms with van der Waals surface area (Å²) in [5.74, 6) is -0.518. The summed E-state index contributed by atoms with van der Waals surface area (Å²) in [6.07, 6.45) is 1.69. The highest BCUT2D eigenvalue weighted by atomic mass is 16.5. The summed E-state index contributed by atoms with van der Waals surface area (Å²) < 4.78 is 5.57. The second-order valence-electron chi connectivity index (χ2n) is 4.70. The minimum atomic E-state index is -1.28. The van der Waals surface area contributed by atoms with Crippen molar-refractivity contribution in [2.45, 2.75) is 26.4 Å². The first-order chi connectivity index (χ1) is 8.42. The average Bonchev–Trinajstić information content (AvgIpc) is 2.30. The average molecular weight is 245 g/mol. The number of nitrogens with zero attached hydrogens (tertiary/aromatic N) is 1. The van der Waals surface area contributed by atoms with Gasteiger partial charge in [-0.25, -0.2) is 4.79 Å². The van der Waals surface area contributed by atoms with E-state index in [4.69, 9.17) is 9.84 Å². The minimum Gasteiger partial charge on any atom is -0.478 e. The normalized spacial score (nSPS) is 11.5. The predicted octanol–water partition coefficient (Wildman–Crippen LogP) is 2.79. The van der Waals surface area contributed by atoms with Crippen LogP contribution in [0.3, 0.4) is 0 Å². The molecule has 0 spiro atoms. The number of fused-ring (bicyclic) bond motifs is 1. The first kappa shape index (κ1) is 12.4. The van der Waals surface area contributed by atoms with Crippen molar-refractivity contribution in [3.05, 3.63) is 36.0 Å². The molecular weight excluding hydrogens is 230 g/mol. The van der Waals surface area contributed by atoms with Gasteiger partial charge in [-0.3, -0.25) is 4.98 Å². The fraction of sp³-hybridized carbons (Fsp3) is 0.286. The Morgan fingerprint density at radius 1 is 1.33 bits per heavy atom. The van der Waals surface area contributed by atoms with Gasteiger partial charge in [-0.15, -0.1) is 0 Å². The zero-order valence-corrected chi connectivity index (χ0v) is 10.6. The Bertz CT molecular complexity index is 605. The largest absolute Gasteiger partial charge is 0.478 e. The van der Waals surface area contributed by atoms with Crippen LogP contribution in [0.1, 0.15) is 19.4 Å². The first-order valence-electron chi connectivity index (χ1n) is 5.68. The van der Waals surface area contributed by atoms with Crippen LogP contribution in [0, 0.1) is 6.92 Å². The number of carboxylic acid groups (broad SMARTS) is 1. The number of hydrogen-bond donors (Lipinski definition) is 1. The van der Waals surface area contributed by atoms with E-state index in [1.165, 1.54) is 13.8 Å². The third-order valence-electron chi connectivity index (χ3n) is 2.83. The van der Waals surface area contributed by atoms with Gasteiger partial charge in [0.2, 0.25) is 0 Å². The van der Waals surface area contributed by atoms with Gasteiger partial charge in [-0.1, -0.05) is 12.1 Å². The Kier molecular flexibility index (Phi) is 2.95. The number of rotatable bonds is 3. The van der Waals surface area contributed by atoms with Crippen LogP contribution < -0.4 is 4.74 Å². The number of para-hydroxylation sites is 1. The maximum atomic E-state index is 11.1. The molecule has 1 heterocycles. The van der Waals surface area contributed by atoms with Crippen LogP contribution in [0.5, 0.6) is 5.75 Å². The van der Waals surface area contributed by atoms with Crippen molar-refractivity contribution in [3.8, 4) is 5.75 Å². The molecular formula is C14H15NO3. The minimum absolute atomic E-state index is 0.489. The molecule has 0 fully saturated rings. The van der Waals surface area contributed by atoms with Gasteiger partial charge < -0.3 is 9.84 Å². The lowest BCUT2D eigenvalue weighted by molar-refractivity contribution is -0.152. The molecule has 0 bridgehead atoms. The second-order valence-corrected chi connectivity index (χ2v) is 4.70. The number of aryl methyl sites for hydroxylation is 1. The van der Waals surface area contributed by atoms with E-state index in [2.05, 4.69) is 4.98 Å². The van der Waals surface area contributed by atoms with Crippen molar-refractivity contribution < 1.29 is 14.6 Å². The highest BCUT2D eigenvalue weighted by Crippen LogP contribution is 2.28. The molecule has 1 aromatic carbocycles. The molecule has 0 aliphatic heterocycles. The molecule has 0 saturated carbocycles. The Morgan fingerprint density at radius 3 is 2.72 bits per heavy atom. The molecule has 0 atom stereocenters. The lowest BCUT2D eigenvalue weighted by Gasteiger charge is -2.22. The van der Waals surface area contributed by atoms with E-state index in [0.29, 0.717) is 11.3 Å². The molecule has 0 amide bonds. The summed E-state index contributed by atoms with van der Waals surface area (Å²) in [7, 11) is 0. The van der Waals surface area contributed by atoms with E-state index in [0.717, 1.165) is 10.9 Å². The SMILES string of the molecule is Cc1ccnc2c(OC(C)(C)C(=O)O)cccc12. The number of pyridine rings is 1. The highest BCUT2D eigenvalue weighted by molar-refractivity contribution is 5.87. The lowest BCUT2D eigenvalue weighted by atomic mass is 10.1. The Labute approximate surface area is 105 Å².